The second-order valence-corrected chi connectivity index (χ2v) is 5.92. The molecule has 1 atom stereocenters. The van der Waals surface area contributed by atoms with Crippen molar-refractivity contribution in [3.63, 3.8) is 0 Å². The highest BCUT2D eigenvalue weighted by molar-refractivity contribution is 5.31. The van der Waals surface area contributed by atoms with Gasteiger partial charge in [-0.3, -0.25) is 0 Å². The maximum Gasteiger partial charge on any atom is 0.129 e. The first-order chi connectivity index (χ1) is 9.42. The smallest absolute Gasteiger partial charge is 0.129 e. The van der Waals surface area contributed by atoms with Crippen LogP contribution >= 0.6 is 0 Å². The number of hydrogen-bond donors (Lipinski definition) is 1. The molecule has 104 valence electrons. The lowest BCUT2D eigenvalue weighted by Gasteiger charge is -2.31. The van der Waals surface area contributed by atoms with E-state index in [1.54, 1.807) is 12.5 Å². The minimum Gasteiger partial charge on any atom is -0.370 e. The molecule has 4 nitrogen and oxygen atoms in total. The first-order valence-electron chi connectivity index (χ1n) is 7.66. The van der Waals surface area contributed by atoms with Gasteiger partial charge in [0.05, 0.1) is 0 Å². The van der Waals surface area contributed by atoms with Crippen molar-refractivity contribution in [2.75, 3.05) is 25.0 Å². The molecule has 0 bridgehead atoms. The molecule has 2 heterocycles. The Labute approximate surface area is 115 Å². The van der Waals surface area contributed by atoms with E-state index < -0.39 is 0 Å². The van der Waals surface area contributed by atoms with Crippen molar-refractivity contribution in [2.24, 2.45) is 5.92 Å². The van der Waals surface area contributed by atoms with E-state index in [1.807, 2.05) is 6.07 Å². The molecule has 1 aliphatic carbocycles. The summed E-state index contributed by atoms with van der Waals surface area (Å²) in [5, 5.41) is 3.43. The Balaban J connectivity index is 1.44. The molecule has 0 amide bonds. The van der Waals surface area contributed by atoms with E-state index in [1.165, 1.54) is 51.6 Å². The maximum atomic E-state index is 4.21. The average molecular weight is 260 g/mol. The average Bonchev–Trinajstić information content (AvgIpc) is 2.96. The summed E-state index contributed by atoms with van der Waals surface area (Å²) in [6, 6.07) is 2.81. The summed E-state index contributed by atoms with van der Waals surface area (Å²) < 4.78 is 0. The Morgan fingerprint density at radius 1 is 1.21 bits per heavy atom. The van der Waals surface area contributed by atoms with Gasteiger partial charge in [0.25, 0.3) is 0 Å². The third kappa shape index (κ3) is 3.44. The number of nitrogens with one attached hydrogen (secondary N) is 1. The molecule has 4 heteroatoms. The van der Waals surface area contributed by atoms with Gasteiger partial charge in [-0.15, -0.1) is 0 Å². The number of hydrogen-bond acceptors (Lipinski definition) is 4. The predicted molar refractivity (Wildman–Crippen MR) is 77.1 cm³/mol. The molecule has 0 radical (unpaired) electrons. The van der Waals surface area contributed by atoms with E-state index in [0.29, 0.717) is 0 Å². The van der Waals surface area contributed by atoms with E-state index in [2.05, 4.69) is 20.2 Å². The molecule has 1 saturated heterocycles. The predicted octanol–water partition coefficient (Wildman–Crippen LogP) is 2.54. The van der Waals surface area contributed by atoms with Gasteiger partial charge in [-0.05, 0) is 37.8 Å². The molecular weight excluding hydrogens is 236 g/mol. The van der Waals surface area contributed by atoms with Gasteiger partial charge in [0.1, 0.15) is 12.1 Å². The highest BCUT2D eigenvalue weighted by atomic mass is 15.2. The molecule has 1 N–H and O–H groups in total. The van der Waals surface area contributed by atoms with Gasteiger partial charge in [-0.25, -0.2) is 9.97 Å². The molecule has 3 rings (SSSR count). The molecule has 0 unspecified atom stereocenters. The Hall–Kier alpha value is -1.16. The zero-order valence-electron chi connectivity index (χ0n) is 11.6. The second-order valence-electron chi connectivity index (χ2n) is 5.92. The molecule has 1 saturated carbocycles. The lowest BCUT2D eigenvalue weighted by molar-refractivity contribution is 0.186. The summed E-state index contributed by atoms with van der Waals surface area (Å²) in [5.74, 6) is 1.73. The number of anilines is 1. The summed E-state index contributed by atoms with van der Waals surface area (Å²) >= 11 is 0. The maximum absolute atomic E-state index is 4.21. The van der Waals surface area contributed by atoms with Crippen LogP contribution in [0.5, 0.6) is 0 Å². The van der Waals surface area contributed by atoms with Gasteiger partial charge < -0.3 is 10.2 Å². The Kier molecular flexibility index (Phi) is 4.28. The van der Waals surface area contributed by atoms with Crippen LogP contribution in [0.3, 0.4) is 0 Å². The zero-order chi connectivity index (χ0) is 12.9. The fourth-order valence-electron chi connectivity index (χ4n) is 3.45. The lowest BCUT2D eigenvalue weighted by atomic mass is 9.94. The molecule has 2 fully saturated rings. The topological polar surface area (TPSA) is 41.0 Å². The van der Waals surface area contributed by atoms with Crippen LogP contribution in [-0.2, 0) is 0 Å². The molecule has 0 aromatic carbocycles. The minimum atomic E-state index is 0.775. The zero-order valence-corrected chi connectivity index (χ0v) is 11.6. The highest BCUT2D eigenvalue weighted by Gasteiger charge is 2.28. The third-order valence-corrected chi connectivity index (χ3v) is 4.56. The SMILES string of the molecule is c1cc(NC[C@H]2CCN(C3CCCCC3)C2)ncn1. The van der Waals surface area contributed by atoms with Crippen LogP contribution in [0.25, 0.3) is 0 Å². The largest absolute Gasteiger partial charge is 0.370 e. The fraction of sp³-hybridized carbons (Fsp3) is 0.733. The van der Waals surface area contributed by atoms with Crippen LogP contribution in [0, 0.1) is 5.92 Å². The van der Waals surface area contributed by atoms with Crippen molar-refractivity contribution < 1.29 is 0 Å². The van der Waals surface area contributed by atoms with Gasteiger partial charge in [0, 0.05) is 25.3 Å². The van der Waals surface area contributed by atoms with Crippen molar-refractivity contribution in [1.29, 1.82) is 0 Å². The monoisotopic (exact) mass is 260 g/mol. The van der Waals surface area contributed by atoms with Crippen molar-refractivity contribution in [2.45, 2.75) is 44.6 Å². The quantitative estimate of drug-likeness (QED) is 0.903. The molecule has 1 aromatic rings. The van der Waals surface area contributed by atoms with Crippen LogP contribution in [0.4, 0.5) is 5.82 Å². The van der Waals surface area contributed by atoms with Crippen molar-refractivity contribution in [3.05, 3.63) is 18.6 Å². The van der Waals surface area contributed by atoms with Crippen LogP contribution in [0.15, 0.2) is 18.6 Å². The minimum absolute atomic E-state index is 0.775. The van der Waals surface area contributed by atoms with Gasteiger partial charge in [-0.2, -0.15) is 0 Å². The Bertz CT molecular complexity index is 375. The van der Waals surface area contributed by atoms with Gasteiger partial charge >= 0.3 is 0 Å². The van der Waals surface area contributed by atoms with Gasteiger partial charge in [-0.1, -0.05) is 19.3 Å². The van der Waals surface area contributed by atoms with Crippen LogP contribution in [-0.4, -0.2) is 40.5 Å². The van der Waals surface area contributed by atoms with Crippen molar-refractivity contribution >= 4 is 5.82 Å². The molecule has 19 heavy (non-hydrogen) atoms. The first-order valence-corrected chi connectivity index (χ1v) is 7.66. The van der Waals surface area contributed by atoms with E-state index in [0.717, 1.165) is 24.3 Å². The number of nitrogens with zero attached hydrogens (tertiary/aromatic N) is 3. The number of rotatable bonds is 4. The van der Waals surface area contributed by atoms with E-state index in [4.69, 9.17) is 0 Å². The summed E-state index contributed by atoms with van der Waals surface area (Å²) in [5.41, 5.74) is 0. The molecule has 0 spiro atoms. The third-order valence-electron chi connectivity index (χ3n) is 4.56. The van der Waals surface area contributed by atoms with E-state index >= 15 is 0 Å². The molecule has 1 aromatic heterocycles. The van der Waals surface area contributed by atoms with E-state index in [-0.39, 0.29) is 0 Å². The molecular formula is C15H24N4. The summed E-state index contributed by atoms with van der Waals surface area (Å²) in [7, 11) is 0. The van der Waals surface area contributed by atoms with Crippen LogP contribution in [0.1, 0.15) is 38.5 Å². The second kappa shape index (κ2) is 6.33. The van der Waals surface area contributed by atoms with Gasteiger partial charge in [0.15, 0.2) is 0 Å². The standard InChI is InChI=1S/C15H24N4/c1-2-4-14(5-3-1)19-9-7-13(11-19)10-17-15-6-8-16-12-18-15/h6,8,12-14H,1-5,7,9-11H2,(H,16,17,18)/t13-/m1/s1. The number of likely N-dealkylation sites (tertiary alicyclic amines) is 1. The first kappa shape index (κ1) is 12.9. The summed E-state index contributed by atoms with van der Waals surface area (Å²) in [6.07, 6.45) is 11.9. The fourth-order valence-corrected chi connectivity index (χ4v) is 3.45. The Morgan fingerprint density at radius 2 is 2.11 bits per heavy atom. The summed E-state index contributed by atoms with van der Waals surface area (Å²) in [6.45, 7) is 3.60. The van der Waals surface area contributed by atoms with Crippen molar-refractivity contribution in [3.8, 4) is 0 Å². The summed E-state index contributed by atoms with van der Waals surface area (Å²) in [4.78, 5) is 10.9. The van der Waals surface area contributed by atoms with Gasteiger partial charge in [0.2, 0.25) is 0 Å². The normalized spacial score (nSPS) is 25.6. The molecule has 1 aliphatic heterocycles. The lowest BCUT2D eigenvalue weighted by Crippen LogP contribution is -2.35. The van der Waals surface area contributed by atoms with Crippen molar-refractivity contribution in [1.82, 2.24) is 14.9 Å². The van der Waals surface area contributed by atoms with E-state index in [9.17, 15) is 0 Å². The highest BCUT2D eigenvalue weighted by Crippen LogP contribution is 2.27. The molecule has 2 aliphatic rings. The van der Waals surface area contributed by atoms with Crippen LogP contribution < -0.4 is 5.32 Å². The number of aromatic nitrogens is 2. The Morgan fingerprint density at radius 3 is 2.89 bits per heavy atom. The van der Waals surface area contributed by atoms with Crippen LogP contribution in [0.2, 0.25) is 0 Å².